The summed E-state index contributed by atoms with van der Waals surface area (Å²) < 4.78 is 34.3. The fraction of sp³-hybridized carbons (Fsp3) is 0.103. The zero-order valence-corrected chi connectivity index (χ0v) is 23.1. The van der Waals surface area contributed by atoms with Gasteiger partial charge in [0, 0.05) is 18.3 Å². The Morgan fingerprint density at radius 1 is 0.974 bits per heavy atom. The van der Waals surface area contributed by atoms with E-state index in [1.165, 1.54) is 10.4 Å². The summed E-state index contributed by atoms with van der Waals surface area (Å²) in [6.45, 7) is 1.77. The summed E-state index contributed by atoms with van der Waals surface area (Å²) in [6.07, 6.45) is 1.31. The summed E-state index contributed by atoms with van der Waals surface area (Å²) in [4.78, 5) is 12.7. The second-order valence-electron chi connectivity index (χ2n) is 8.63. The molecule has 0 radical (unpaired) electrons. The van der Waals surface area contributed by atoms with Crippen LogP contribution in [0, 0.1) is 18.3 Å². The maximum absolute atomic E-state index is 13.6. The Morgan fingerprint density at radius 2 is 1.69 bits per heavy atom. The third-order valence-electron chi connectivity index (χ3n) is 5.70. The van der Waals surface area contributed by atoms with E-state index < -0.39 is 15.9 Å². The number of para-hydroxylation sites is 1. The number of sulfonamides is 1. The number of aryl methyl sites for hydroxylation is 1. The molecular weight excluding hydrogens is 557 g/mol. The number of furan rings is 1. The average molecular weight is 580 g/mol. The van der Waals surface area contributed by atoms with Crippen LogP contribution in [0.3, 0.4) is 0 Å². The molecule has 0 bridgehead atoms. The molecule has 7 nitrogen and oxygen atoms in total. The number of nitriles is 1. The Hall–Kier alpha value is -3.87. The van der Waals surface area contributed by atoms with Gasteiger partial charge in [-0.05, 0) is 61.0 Å². The number of anilines is 1. The van der Waals surface area contributed by atoms with E-state index in [0.717, 1.165) is 5.56 Å². The van der Waals surface area contributed by atoms with Crippen molar-refractivity contribution in [3.63, 3.8) is 0 Å². The van der Waals surface area contributed by atoms with Crippen LogP contribution < -0.4 is 5.32 Å². The van der Waals surface area contributed by atoms with Gasteiger partial charge in [-0.2, -0.15) is 9.57 Å². The van der Waals surface area contributed by atoms with Crippen LogP contribution in [0.25, 0.3) is 6.08 Å². The number of carbonyl (C=O) groups is 1. The van der Waals surface area contributed by atoms with Crippen molar-refractivity contribution in [3.05, 3.63) is 123 Å². The second-order valence-corrected chi connectivity index (χ2v) is 11.4. The first kappa shape index (κ1) is 28.1. The molecule has 0 aliphatic heterocycles. The minimum absolute atomic E-state index is 0.00188. The smallest absolute Gasteiger partial charge is 0.266 e. The van der Waals surface area contributed by atoms with Gasteiger partial charge in [0.05, 0.1) is 21.5 Å². The van der Waals surface area contributed by atoms with E-state index in [9.17, 15) is 18.5 Å². The van der Waals surface area contributed by atoms with E-state index in [4.69, 9.17) is 27.6 Å². The first-order valence-electron chi connectivity index (χ1n) is 11.7. The number of rotatable bonds is 9. The number of nitrogens with one attached hydrogen (secondary N) is 1. The minimum atomic E-state index is -3.94. The van der Waals surface area contributed by atoms with Crippen LogP contribution in [0.15, 0.2) is 99.8 Å². The first-order chi connectivity index (χ1) is 18.7. The van der Waals surface area contributed by atoms with Gasteiger partial charge < -0.3 is 9.73 Å². The summed E-state index contributed by atoms with van der Waals surface area (Å²) in [5.41, 5.74) is 1.94. The first-order valence-corrected chi connectivity index (χ1v) is 13.9. The molecule has 1 aromatic heterocycles. The summed E-state index contributed by atoms with van der Waals surface area (Å²) in [6, 6.07) is 25.3. The molecular formula is C29H23Cl2N3O4S. The van der Waals surface area contributed by atoms with Crippen LogP contribution in [0.5, 0.6) is 0 Å². The van der Waals surface area contributed by atoms with Crippen LogP contribution in [-0.2, 0) is 27.9 Å². The quantitative estimate of drug-likeness (QED) is 0.173. The molecule has 4 rings (SSSR count). The van der Waals surface area contributed by atoms with Crippen LogP contribution >= 0.6 is 23.2 Å². The molecule has 10 heteroatoms. The van der Waals surface area contributed by atoms with Crippen molar-refractivity contribution in [2.24, 2.45) is 0 Å². The summed E-state index contributed by atoms with van der Waals surface area (Å²) in [5, 5.41) is 12.8. The van der Waals surface area contributed by atoms with Gasteiger partial charge in [-0.15, -0.1) is 0 Å². The molecule has 3 aromatic carbocycles. The van der Waals surface area contributed by atoms with Crippen LogP contribution in [-0.4, -0.2) is 18.6 Å². The molecule has 0 fully saturated rings. The van der Waals surface area contributed by atoms with E-state index in [-0.39, 0.29) is 29.3 Å². The third kappa shape index (κ3) is 7.16. The maximum atomic E-state index is 13.6. The van der Waals surface area contributed by atoms with Crippen molar-refractivity contribution < 1.29 is 17.6 Å². The zero-order valence-electron chi connectivity index (χ0n) is 20.8. The molecule has 198 valence electrons. The van der Waals surface area contributed by atoms with Crippen molar-refractivity contribution in [3.8, 4) is 6.07 Å². The van der Waals surface area contributed by atoms with Gasteiger partial charge in [-0.3, -0.25) is 4.79 Å². The lowest BCUT2D eigenvalue weighted by Gasteiger charge is -2.22. The van der Waals surface area contributed by atoms with Gasteiger partial charge in [0.25, 0.3) is 5.91 Å². The number of carbonyl (C=O) groups excluding carboxylic acids is 1. The molecule has 0 aliphatic carbocycles. The molecule has 1 N–H and O–H groups in total. The largest absolute Gasteiger partial charge is 0.460 e. The highest BCUT2D eigenvalue weighted by atomic mass is 35.5. The number of hydrogen-bond acceptors (Lipinski definition) is 5. The van der Waals surface area contributed by atoms with E-state index in [2.05, 4.69) is 5.32 Å². The predicted molar refractivity (Wildman–Crippen MR) is 151 cm³/mol. The SMILES string of the molecule is Cc1ccc(S(=O)(=O)N(Cc2ccc(Cl)c(Cl)c2)Cc2ccc(/C=C(/C#N)C(=O)Nc3ccccc3)o2)cc1. The summed E-state index contributed by atoms with van der Waals surface area (Å²) >= 11 is 12.2. The molecule has 39 heavy (non-hydrogen) atoms. The Kier molecular flexibility index (Phi) is 8.90. The fourth-order valence-electron chi connectivity index (χ4n) is 3.67. The topological polar surface area (TPSA) is 103 Å². The molecule has 0 saturated carbocycles. The molecule has 1 heterocycles. The van der Waals surface area contributed by atoms with Gasteiger partial charge in [0.2, 0.25) is 10.0 Å². The maximum Gasteiger partial charge on any atom is 0.266 e. The van der Waals surface area contributed by atoms with Crippen LogP contribution in [0.4, 0.5) is 5.69 Å². The Labute approximate surface area is 236 Å². The highest BCUT2D eigenvalue weighted by Crippen LogP contribution is 2.27. The standard InChI is InChI=1S/C29H23Cl2N3O4S/c1-20-7-12-26(13-8-20)39(36,37)34(18-21-9-14-27(30)28(31)15-21)19-25-11-10-24(38-25)16-22(17-32)29(35)33-23-5-3-2-4-6-23/h2-16H,18-19H2,1H3,(H,33,35)/b22-16-. The molecule has 4 aromatic rings. The van der Waals surface area contributed by atoms with Gasteiger partial charge in [-0.25, -0.2) is 8.42 Å². The molecule has 1 amide bonds. The minimum Gasteiger partial charge on any atom is -0.460 e. The monoisotopic (exact) mass is 579 g/mol. The third-order valence-corrected chi connectivity index (χ3v) is 8.24. The fourth-order valence-corrected chi connectivity index (χ4v) is 5.38. The lowest BCUT2D eigenvalue weighted by atomic mass is 10.2. The number of amides is 1. The van der Waals surface area contributed by atoms with Crippen LogP contribution in [0.1, 0.15) is 22.6 Å². The van der Waals surface area contributed by atoms with Gasteiger partial charge in [0.1, 0.15) is 23.2 Å². The second kappa shape index (κ2) is 12.3. The highest BCUT2D eigenvalue weighted by molar-refractivity contribution is 7.89. The molecule has 0 spiro atoms. The van der Waals surface area contributed by atoms with Crippen molar-refractivity contribution in [2.75, 3.05) is 5.32 Å². The van der Waals surface area contributed by atoms with E-state index in [0.29, 0.717) is 27.1 Å². The number of benzene rings is 3. The van der Waals surface area contributed by atoms with Gasteiger partial charge in [-0.1, -0.05) is 65.2 Å². The Morgan fingerprint density at radius 3 is 2.36 bits per heavy atom. The van der Waals surface area contributed by atoms with Crippen molar-refractivity contribution in [1.29, 1.82) is 5.26 Å². The molecule has 0 atom stereocenters. The van der Waals surface area contributed by atoms with Gasteiger partial charge >= 0.3 is 0 Å². The number of hydrogen-bond donors (Lipinski definition) is 1. The van der Waals surface area contributed by atoms with Crippen molar-refractivity contribution in [1.82, 2.24) is 4.31 Å². The highest BCUT2D eigenvalue weighted by Gasteiger charge is 2.26. The van der Waals surface area contributed by atoms with E-state index in [1.54, 1.807) is 78.9 Å². The van der Waals surface area contributed by atoms with Crippen molar-refractivity contribution in [2.45, 2.75) is 24.9 Å². The summed E-state index contributed by atoms with van der Waals surface area (Å²) in [7, 11) is -3.94. The zero-order chi connectivity index (χ0) is 28.0. The predicted octanol–water partition coefficient (Wildman–Crippen LogP) is 6.83. The van der Waals surface area contributed by atoms with Crippen LogP contribution in [0.2, 0.25) is 10.0 Å². The Balaban J connectivity index is 1.60. The lowest BCUT2D eigenvalue weighted by Crippen LogP contribution is -2.30. The molecule has 0 saturated heterocycles. The van der Waals surface area contributed by atoms with Gasteiger partial charge in [0.15, 0.2) is 0 Å². The van der Waals surface area contributed by atoms with E-state index in [1.807, 2.05) is 19.1 Å². The normalized spacial score (nSPS) is 11.8. The van der Waals surface area contributed by atoms with Crippen molar-refractivity contribution >= 4 is 50.9 Å². The van der Waals surface area contributed by atoms with E-state index >= 15 is 0 Å². The number of halogens is 2. The molecule has 0 unspecified atom stereocenters. The lowest BCUT2D eigenvalue weighted by molar-refractivity contribution is -0.112. The average Bonchev–Trinajstić information content (AvgIpc) is 3.36. The molecule has 0 aliphatic rings. The Bertz CT molecular complexity index is 1660. The number of nitrogens with zero attached hydrogens (tertiary/aromatic N) is 2. The summed E-state index contributed by atoms with van der Waals surface area (Å²) in [5.74, 6) is -0.0467.